The molecule has 0 fully saturated rings. The maximum atomic E-state index is 12.8. The van der Waals surface area contributed by atoms with Gasteiger partial charge in [0.05, 0.1) is 0 Å². The summed E-state index contributed by atoms with van der Waals surface area (Å²) in [4.78, 5) is 26.4. The average molecular weight is 398 g/mol. The van der Waals surface area contributed by atoms with Crippen molar-refractivity contribution in [1.82, 2.24) is 4.90 Å². The lowest BCUT2D eigenvalue weighted by atomic mass is 10.1. The van der Waals surface area contributed by atoms with Gasteiger partial charge in [0, 0.05) is 24.8 Å². The van der Waals surface area contributed by atoms with Crippen molar-refractivity contribution in [3.05, 3.63) is 53.6 Å². The Balaban J connectivity index is 1.66. The summed E-state index contributed by atoms with van der Waals surface area (Å²) in [6, 6.07) is 12.4. The molecule has 0 radical (unpaired) electrons. The highest BCUT2D eigenvalue weighted by atomic mass is 16.6. The summed E-state index contributed by atoms with van der Waals surface area (Å²) in [7, 11) is 1.73. The van der Waals surface area contributed by atoms with Crippen molar-refractivity contribution in [2.45, 2.75) is 32.9 Å². The molecular weight excluding hydrogens is 372 g/mol. The lowest BCUT2D eigenvalue weighted by Gasteiger charge is -2.22. The van der Waals surface area contributed by atoms with Crippen LogP contribution in [0.25, 0.3) is 0 Å². The molecule has 0 saturated carbocycles. The van der Waals surface area contributed by atoms with Crippen LogP contribution in [0.1, 0.15) is 36.7 Å². The minimum Gasteiger partial charge on any atom is -0.486 e. The molecule has 2 aromatic rings. The van der Waals surface area contributed by atoms with Crippen molar-refractivity contribution < 1.29 is 23.8 Å². The first-order valence-corrected chi connectivity index (χ1v) is 9.45. The molecule has 0 atom stereocenters. The van der Waals surface area contributed by atoms with Crippen molar-refractivity contribution in [3.8, 4) is 11.5 Å². The number of nitrogens with zero attached hydrogens (tertiary/aromatic N) is 1. The fourth-order valence-electron chi connectivity index (χ4n) is 2.90. The highest BCUT2D eigenvalue weighted by molar-refractivity contribution is 5.96. The Kier molecular flexibility index (Phi) is 5.96. The lowest BCUT2D eigenvalue weighted by molar-refractivity contribution is 0.0635. The number of anilines is 1. The number of benzene rings is 2. The zero-order valence-electron chi connectivity index (χ0n) is 17.2. The Morgan fingerprint density at radius 1 is 1.07 bits per heavy atom. The molecule has 1 aliphatic heterocycles. The fourth-order valence-corrected chi connectivity index (χ4v) is 2.90. The van der Waals surface area contributed by atoms with Crippen LogP contribution in [0.2, 0.25) is 0 Å². The number of amides is 2. The molecule has 7 heteroatoms. The highest BCUT2D eigenvalue weighted by Crippen LogP contribution is 2.31. The number of hydrogen-bond donors (Lipinski definition) is 1. The van der Waals surface area contributed by atoms with Gasteiger partial charge in [-0.2, -0.15) is 0 Å². The van der Waals surface area contributed by atoms with Gasteiger partial charge in [0.2, 0.25) is 0 Å². The van der Waals surface area contributed by atoms with E-state index in [4.69, 9.17) is 14.2 Å². The molecule has 7 nitrogen and oxygen atoms in total. The number of carbonyl (C=O) groups is 2. The van der Waals surface area contributed by atoms with Crippen LogP contribution in [0.4, 0.5) is 10.5 Å². The topological polar surface area (TPSA) is 77.1 Å². The minimum absolute atomic E-state index is 0.160. The Morgan fingerprint density at radius 3 is 2.52 bits per heavy atom. The first-order valence-electron chi connectivity index (χ1n) is 9.45. The molecule has 154 valence electrons. The van der Waals surface area contributed by atoms with E-state index in [-0.39, 0.29) is 5.91 Å². The Morgan fingerprint density at radius 2 is 1.79 bits per heavy atom. The van der Waals surface area contributed by atoms with Crippen LogP contribution >= 0.6 is 0 Å². The van der Waals surface area contributed by atoms with E-state index < -0.39 is 11.7 Å². The molecule has 1 N–H and O–H groups in total. The third kappa shape index (κ3) is 5.63. The number of rotatable bonds is 4. The highest BCUT2D eigenvalue weighted by Gasteiger charge is 2.18. The Hall–Kier alpha value is -3.22. The Labute approximate surface area is 170 Å². The van der Waals surface area contributed by atoms with E-state index in [0.29, 0.717) is 36.8 Å². The number of ether oxygens (including phenoxy) is 3. The number of fused-ring (bicyclic) bond motifs is 1. The van der Waals surface area contributed by atoms with E-state index in [1.54, 1.807) is 57.0 Å². The van der Waals surface area contributed by atoms with Gasteiger partial charge in [-0.3, -0.25) is 10.1 Å². The number of nitrogens with one attached hydrogen (secondary N) is 1. The van der Waals surface area contributed by atoms with Crippen LogP contribution in [-0.2, 0) is 11.3 Å². The summed E-state index contributed by atoms with van der Waals surface area (Å²) in [6.07, 6.45) is -0.563. The molecule has 0 unspecified atom stereocenters. The molecule has 1 heterocycles. The van der Waals surface area contributed by atoms with Crippen LogP contribution in [0.15, 0.2) is 42.5 Å². The lowest BCUT2D eigenvalue weighted by Crippen LogP contribution is -2.28. The first-order chi connectivity index (χ1) is 13.7. The summed E-state index contributed by atoms with van der Waals surface area (Å²) in [5.41, 5.74) is 1.31. The maximum absolute atomic E-state index is 12.8. The largest absolute Gasteiger partial charge is 0.486 e. The smallest absolute Gasteiger partial charge is 0.412 e. The summed E-state index contributed by atoms with van der Waals surface area (Å²) < 4.78 is 16.4. The third-order valence-corrected chi connectivity index (χ3v) is 4.13. The molecule has 0 aliphatic carbocycles. The standard InChI is InChI=1S/C22H26N2O5/c1-22(2,3)29-21(26)23-17-7-5-6-16(13-17)20(25)24(4)14-15-8-9-18-19(12-15)28-11-10-27-18/h5-9,12-13H,10-11,14H2,1-4H3,(H,23,26). The second-order valence-electron chi connectivity index (χ2n) is 7.85. The van der Waals surface area contributed by atoms with Gasteiger partial charge < -0.3 is 19.1 Å². The van der Waals surface area contributed by atoms with E-state index in [2.05, 4.69) is 5.32 Å². The molecule has 29 heavy (non-hydrogen) atoms. The maximum Gasteiger partial charge on any atom is 0.412 e. The van der Waals surface area contributed by atoms with E-state index in [0.717, 1.165) is 11.3 Å². The van der Waals surface area contributed by atoms with Gasteiger partial charge in [-0.15, -0.1) is 0 Å². The molecule has 0 saturated heterocycles. The molecule has 3 rings (SSSR count). The molecular formula is C22H26N2O5. The van der Waals surface area contributed by atoms with Gasteiger partial charge in [-0.25, -0.2) is 4.79 Å². The monoisotopic (exact) mass is 398 g/mol. The van der Waals surface area contributed by atoms with Gasteiger partial charge in [0.15, 0.2) is 11.5 Å². The second-order valence-corrected chi connectivity index (χ2v) is 7.85. The average Bonchev–Trinajstić information content (AvgIpc) is 2.66. The summed E-state index contributed by atoms with van der Waals surface area (Å²) in [5.74, 6) is 1.25. The molecule has 2 aromatic carbocycles. The molecule has 0 spiro atoms. The summed E-state index contributed by atoms with van der Waals surface area (Å²) in [5, 5.41) is 2.65. The fraction of sp³-hybridized carbons (Fsp3) is 0.364. The van der Waals surface area contributed by atoms with Crippen molar-refractivity contribution in [1.29, 1.82) is 0 Å². The van der Waals surface area contributed by atoms with Gasteiger partial charge >= 0.3 is 6.09 Å². The van der Waals surface area contributed by atoms with Crippen LogP contribution in [0.3, 0.4) is 0 Å². The minimum atomic E-state index is -0.596. The zero-order valence-corrected chi connectivity index (χ0v) is 17.2. The zero-order chi connectivity index (χ0) is 21.0. The molecule has 1 aliphatic rings. The van der Waals surface area contributed by atoms with Gasteiger partial charge in [-0.05, 0) is 56.7 Å². The van der Waals surface area contributed by atoms with Gasteiger partial charge in [0.1, 0.15) is 18.8 Å². The van der Waals surface area contributed by atoms with E-state index >= 15 is 0 Å². The van der Waals surface area contributed by atoms with Crippen molar-refractivity contribution in [2.75, 3.05) is 25.6 Å². The predicted octanol–water partition coefficient (Wildman–Crippen LogP) is 4.08. The predicted molar refractivity (Wildman–Crippen MR) is 110 cm³/mol. The quantitative estimate of drug-likeness (QED) is 0.840. The van der Waals surface area contributed by atoms with Gasteiger partial charge in [0.25, 0.3) is 5.91 Å². The normalized spacial score (nSPS) is 12.8. The van der Waals surface area contributed by atoms with Crippen LogP contribution in [0.5, 0.6) is 11.5 Å². The van der Waals surface area contributed by atoms with E-state index in [1.807, 2.05) is 18.2 Å². The summed E-state index contributed by atoms with van der Waals surface area (Å²) in [6.45, 7) is 6.85. The molecule has 2 amide bonds. The molecule has 0 bridgehead atoms. The first kappa shape index (κ1) is 20.5. The summed E-state index contributed by atoms with van der Waals surface area (Å²) >= 11 is 0. The molecule has 0 aromatic heterocycles. The van der Waals surface area contributed by atoms with Crippen LogP contribution in [0, 0.1) is 0 Å². The van der Waals surface area contributed by atoms with Crippen LogP contribution in [-0.4, -0.2) is 42.8 Å². The number of carbonyl (C=O) groups excluding carboxylic acids is 2. The Bertz CT molecular complexity index is 904. The van der Waals surface area contributed by atoms with Crippen molar-refractivity contribution in [2.24, 2.45) is 0 Å². The van der Waals surface area contributed by atoms with Gasteiger partial charge in [-0.1, -0.05) is 12.1 Å². The second kappa shape index (κ2) is 8.43. The van der Waals surface area contributed by atoms with Crippen molar-refractivity contribution >= 4 is 17.7 Å². The SMILES string of the molecule is CN(Cc1ccc2c(c1)OCCO2)C(=O)c1cccc(NC(=O)OC(C)(C)C)c1. The van der Waals surface area contributed by atoms with Crippen LogP contribution < -0.4 is 14.8 Å². The van der Waals surface area contributed by atoms with E-state index in [1.165, 1.54) is 0 Å². The number of hydrogen-bond acceptors (Lipinski definition) is 5. The van der Waals surface area contributed by atoms with E-state index in [9.17, 15) is 9.59 Å². The third-order valence-electron chi connectivity index (χ3n) is 4.13. The van der Waals surface area contributed by atoms with Crippen molar-refractivity contribution in [3.63, 3.8) is 0 Å².